The number of carbonyl (C=O) groups excluding carboxylic acids is 1. The molecule has 0 aliphatic rings. The first kappa shape index (κ1) is 22.0. The second-order valence-electron chi connectivity index (χ2n) is 6.70. The smallest absolute Gasteiger partial charge is 0.238 e. The minimum absolute atomic E-state index is 0.0401. The van der Waals surface area contributed by atoms with Crippen molar-refractivity contribution in [2.45, 2.75) is 30.8 Å². The molecule has 4 N–H and O–H groups in total. The Morgan fingerprint density at radius 2 is 1.90 bits per heavy atom. The van der Waals surface area contributed by atoms with Gasteiger partial charge in [0.15, 0.2) is 5.16 Å². The summed E-state index contributed by atoms with van der Waals surface area (Å²) in [6, 6.07) is 10.5. The lowest BCUT2D eigenvalue weighted by atomic mass is 10.1. The Labute approximate surface area is 179 Å². The Balaban J connectivity index is 1.78. The maximum absolute atomic E-state index is 12.5. The Kier molecular flexibility index (Phi) is 6.59. The number of nitrogens with two attached hydrogens (primary N) is 1. The number of anilines is 2. The van der Waals surface area contributed by atoms with Gasteiger partial charge in [-0.05, 0) is 56.2 Å². The van der Waals surface area contributed by atoms with Crippen LogP contribution in [0.1, 0.15) is 18.1 Å². The van der Waals surface area contributed by atoms with Crippen LogP contribution >= 0.6 is 11.8 Å². The molecule has 8 nitrogen and oxygen atoms in total. The van der Waals surface area contributed by atoms with Crippen molar-refractivity contribution in [2.24, 2.45) is 5.14 Å². The molecule has 0 bridgehead atoms. The minimum atomic E-state index is -3.87. The standard InChI is InChI=1S/C20H23N5O3S2/c1-4-22-19-15-7-5-6-8-16(15)24-20(25-19)29-11-18(26)23-17-10-14(30(21,27)28)9-12(2)13(17)3/h5-10H,4,11H2,1-3H3,(H,23,26)(H2,21,27,28)(H,22,24,25). The van der Waals surface area contributed by atoms with E-state index in [9.17, 15) is 13.2 Å². The lowest BCUT2D eigenvalue weighted by molar-refractivity contribution is -0.113. The van der Waals surface area contributed by atoms with E-state index >= 15 is 0 Å². The van der Waals surface area contributed by atoms with Crippen LogP contribution in [0.3, 0.4) is 0 Å². The molecule has 2 aromatic carbocycles. The number of para-hydroxylation sites is 1. The summed E-state index contributed by atoms with van der Waals surface area (Å²) in [4.78, 5) is 21.5. The van der Waals surface area contributed by atoms with Crippen LogP contribution in [0.25, 0.3) is 10.9 Å². The summed E-state index contributed by atoms with van der Waals surface area (Å²) in [7, 11) is -3.87. The molecule has 1 amide bonds. The summed E-state index contributed by atoms with van der Waals surface area (Å²) < 4.78 is 23.4. The third-order valence-corrected chi connectivity index (χ3v) is 6.24. The predicted octanol–water partition coefficient (Wildman–Crippen LogP) is 3.06. The summed E-state index contributed by atoms with van der Waals surface area (Å²) in [5.74, 6) is 0.497. The van der Waals surface area contributed by atoms with Crippen molar-refractivity contribution in [2.75, 3.05) is 22.9 Å². The number of sulfonamides is 1. The summed E-state index contributed by atoms with van der Waals surface area (Å²) in [6.45, 7) is 6.27. The van der Waals surface area contributed by atoms with E-state index in [0.29, 0.717) is 17.4 Å². The van der Waals surface area contributed by atoms with E-state index in [1.807, 2.05) is 31.2 Å². The van der Waals surface area contributed by atoms with Crippen LogP contribution in [-0.4, -0.2) is 36.6 Å². The normalized spacial score (nSPS) is 11.5. The van der Waals surface area contributed by atoms with Crippen molar-refractivity contribution in [3.63, 3.8) is 0 Å². The van der Waals surface area contributed by atoms with Crippen LogP contribution in [0.5, 0.6) is 0 Å². The van der Waals surface area contributed by atoms with Gasteiger partial charge in [0.1, 0.15) is 5.82 Å². The van der Waals surface area contributed by atoms with E-state index in [-0.39, 0.29) is 16.6 Å². The summed E-state index contributed by atoms with van der Waals surface area (Å²) in [6.07, 6.45) is 0. The van der Waals surface area contributed by atoms with Gasteiger partial charge in [0.2, 0.25) is 15.9 Å². The van der Waals surface area contributed by atoms with Gasteiger partial charge in [-0.2, -0.15) is 0 Å². The first-order valence-electron chi connectivity index (χ1n) is 9.26. The van der Waals surface area contributed by atoms with Crippen LogP contribution in [0.2, 0.25) is 0 Å². The number of hydrogen-bond acceptors (Lipinski definition) is 7. The Bertz CT molecular complexity index is 1210. The third-order valence-electron chi connectivity index (χ3n) is 4.50. The van der Waals surface area contributed by atoms with Gasteiger partial charge in [-0.3, -0.25) is 4.79 Å². The van der Waals surface area contributed by atoms with E-state index in [1.54, 1.807) is 13.8 Å². The second kappa shape index (κ2) is 8.99. The molecule has 0 unspecified atom stereocenters. The average molecular weight is 446 g/mol. The van der Waals surface area contributed by atoms with E-state index in [4.69, 9.17) is 5.14 Å². The number of rotatable bonds is 7. The molecule has 0 saturated carbocycles. The molecule has 158 valence electrons. The number of primary sulfonamides is 1. The predicted molar refractivity (Wildman–Crippen MR) is 120 cm³/mol. The van der Waals surface area contributed by atoms with Gasteiger partial charge in [-0.25, -0.2) is 23.5 Å². The molecule has 0 aliphatic carbocycles. The molecule has 30 heavy (non-hydrogen) atoms. The molecule has 3 aromatic rings. The molecule has 0 atom stereocenters. The number of aryl methyl sites for hydroxylation is 1. The van der Waals surface area contributed by atoms with E-state index < -0.39 is 10.0 Å². The van der Waals surface area contributed by atoms with E-state index in [0.717, 1.165) is 27.8 Å². The van der Waals surface area contributed by atoms with Crippen molar-refractivity contribution in [1.29, 1.82) is 0 Å². The zero-order valence-corrected chi connectivity index (χ0v) is 18.5. The Morgan fingerprint density at radius 3 is 2.60 bits per heavy atom. The zero-order chi connectivity index (χ0) is 21.9. The molecular formula is C20H23N5O3S2. The fourth-order valence-electron chi connectivity index (χ4n) is 2.86. The van der Waals surface area contributed by atoms with Gasteiger partial charge in [-0.15, -0.1) is 0 Å². The van der Waals surface area contributed by atoms with Crippen molar-refractivity contribution in [3.8, 4) is 0 Å². The maximum atomic E-state index is 12.5. The van der Waals surface area contributed by atoms with E-state index in [2.05, 4.69) is 20.6 Å². The van der Waals surface area contributed by atoms with Gasteiger partial charge in [0.05, 0.1) is 16.2 Å². The molecule has 10 heteroatoms. The van der Waals surface area contributed by atoms with E-state index in [1.165, 1.54) is 23.9 Å². The molecule has 0 fully saturated rings. The first-order chi connectivity index (χ1) is 14.2. The van der Waals surface area contributed by atoms with Crippen molar-refractivity contribution < 1.29 is 13.2 Å². The van der Waals surface area contributed by atoms with Crippen molar-refractivity contribution >= 4 is 50.1 Å². The van der Waals surface area contributed by atoms with Gasteiger partial charge in [0.25, 0.3) is 0 Å². The van der Waals surface area contributed by atoms with Gasteiger partial charge in [-0.1, -0.05) is 23.9 Å². The number of hydrogen-bond donors (Lipinski definition) is 3. The Hall–Kier alpha value is -2.69. The van der Waals surface area contributed by atoms with Crippen LogP contribution in [-0.2, 0) is 14.8 Å². The molecule has 0 aliphatic heterocycles. The summed E-state index contributed by atoms with van der Waals surface area (Å²) in [5, 5.41) is 12.6. The molecule has 3 rings (SSSR count). The fourth-order valence-corrected chi connectivity index (χ4v) is 4.13. The van der Waals surface area contributed by atoms with Crippen LogP contribution in [0.4, 0.5) is 11.5 Å². The number of benzene rings is 2. The highest BCUT2D eigenvalue weighted by Crippen LogP contribution is 2.26. The quantitative estimate of drug-likeness (QED) is 0.377. The van der Waals surface area contributed by atoms with Gasteiger partial charge < -0.3 is 10.6 Å². The number of carbonyl (C=O) groups is 1. The number of nitrogens with one attached hydrogen (secondary N) is 2. The van der Waals surface area contributed by atoms with Crippen LogP contribution < -0.4 is 15.8 Å². The highest BCUT2D eigenvalue weighted by Gasteiger charge is 2.15. The average Bonchev–Trinajstić information content (AvgIpc) is 2.69. The SMILES string of the molecule is CCNc1nc(SCC(=O)Nc2cc(S(N)(=O)=O)cc(C)c2C)nc2ccccc12. The lowest BCUT2D eigenvalue weighted by Gasteiger charge is -2.13. The number of thioether (sulfide) groups is 1. The molecule has 0 radical (unpaired) electrons. The minimum Gasteiger partial charge on any atom is -0.370 e. The van der Waals surface area contributed by atoms with Crippen molar-refractivity contribution in [3.05, 3.63) is 47.5 Å². The third kappa shape index (κ3) is 5.07. The number of amides is 1. The maximum Gasteiger partial charge on any atom is 0.238 e. The fraction of sp³-hybridized carbons (Fsp3) is 0.250. The van der Waals surface area contributed by atoms with Gasteiger partial charge >= 0.3 is 0 Å². The molecule has 1 aromatic heterocycles. The molecule has 0 saturated heterocycles. The number of aromatic nitrogens is 2. The summed E-state index contributed by atoms with van der Waals surface area (Å²) >= 11 is 1.21. The van der Waals surface area contributed by atoms with Crippen LogP contribution in [0, 0.1) is 13.8 Å². The first-order valence-corrected chi connectivity index (χ1v) is 11.8. The highest BCUT2D eigenvalue weighted by atomic mass is 32.2. The second-order valence-corrected chi connectivity index (χ2v) is 9.20. The number of nitrogens with zero attached hydrogens (tertiary/aromatic N) is 2. The molecular weight excluding hydrogens is 422 g/mol. The largest absolute Gasteiger partial charge is 0.370 e. The highest BCUT2D eigenvalue weighted by molar-refractivity contribution is 7.99. The van der Waals surface area contributed by atoms with Gasteiger partial charge in [0, 0.05) is 17.6 Å². The Morgan fingerprint density at radius 1 is 1.17 bits per heavy atom. The van der Waals surface area contributed by atoms with Crippen molar-refractivity contribution in [1.82, 2.24) is 9.97 Å². The van der Waals surface area contributed by atoms with Crippen LogP contribution in [0.15, 0.2) is 46.5 Å². The monoisotopic (exact) mass is 445 g/mol. The lowest BCUT2D eigenvalue weighted by Crippen LogP contribution is -2.17. The molecule has 0 spiro atoms. The summed E-state index contributed by atoms with van der Waals surface area (Å²) in [5.41, 5.74) is 2.70. The number of fused-ring (bicyclic) bond motifs is 1. The molecule has 1 heterocycles. The topological polar surface area (TPSA) is 127 Å². The zero-order valence-electron chi connectivity index (χ0n) is 16.9.